The van der Waals surface area contributed by atoms with Crippen LogP contribution in [0.25, 0.3) is 0 Å². The van der Waals surface area contributed by atoms with Gasteiger partial charge in [0.25, 0.3) is 0 Å². The maximum Gasteiger partial charge on any atom is 0.332 e. The van der Waals surface area contributed by atoms with Crippen molar-refractivity contribution in [1.82, 2.24) is 0 Å². The van der Waals surface area contributed by atoms with Crippen LogP contribution < -0.4 is 0 Å². The van der Waals surface area contributed by atoms with E-state index in [9.17, 15) is 39.0 Å². The Labute approximate surface area is 272 Å². The van der Waals surface area contributed by atoms with Crippen molar-refractivity contribution >= 4 is 35.8 Å². The van der Waals surface area contributed by atoms with Gasteiger partial charge >= 0.3 is 35.8 Å². The molecule has 0 radical (unpaired) electrons. The molecule has 15 heteroatoms. The fourth-order valence-corrected chi connectivity index (χ4v) is 8.58. The van der Waals surface area contributed by atoms with Gasteiger partial charge in [0, 0.05) is 52.9 Å². The van der Waals surface area contributed by atoms with Gasteiger partial charge in [0.2, 0.25) is 0 Å². The summed E-state index contributed by atoms with van der Waals surface area (Å²) >= 11 is 0. The second-order valence-corrected chi connectivity index (χ2v) is 13.6. The van der Waals surface area contributed by atoms with Gasteiger partial charge in [-0.3, -0.25) is 24.0 Å². The zero-order valence-corrected chi connectivity index (χ0v) is 28.1. The van der Waals surface area contributed by atoms with Crippen molar-refractivity contribution < 1.29 is 72.1 Å². The van der Waals surface area contributed by atoms with Crippen molar-refractivity contribution in [3.05, 3.63) is 11.1 Å². The SMILES string of the molecule is CC(=O)O[C@H]1C[C@@]2(O)[C@@H](OC(C)=O)[C@H]3[C@@](C)([C@@H](OC(C)=O)CC4OC[C@]43OC(C)=O)[C@@H](OC(C)=O)[C@H](OC(=O)CO)C(=C1C)C2(C)C. The van der Waals surface area contributed by atoms with Crippen LogP contribution in [0.1, 0.15) is 75.2 Å². The highest BCUT2D eigenvalue weighted by Gasteiger charge is 2.79. The second kappa shape index (κ2) is 12.5. The number of carbonyl (C=O) groups is 6. The summed E-state index contributed by atoms with van der Waals surface area (Å²) in [5.74, 6) is -6.38. The van der Waals surface area contributed by atoms with Gasteiger partial charge in [-0.15, -0.1) is 0 Å². The molecule has 0 spiro atoms. The molecule has 262 valence electrons. The van der Waals surface area contributed by atoms with Gasteiger partial charge in [0.05, 0.1) is 17.9 Å². The molecule has 2 bridgehead atoms. The summed E-state index contributed by atoms with van der Waals surface area (Å²) in [5.41, 5.74) is -6.64. The Morgan fingerprint density at radius 1 is 0.809 bits per heavy atom. The summed E-state index contributed by atoms with van der Waals surface area (Å²) in [6.07, 6.45) is -8.60. The molecule has 15 nitrogen and oxygen atoms in total. The molecule has 1 saturated heterocycles. The Bertz CT molecular complexity index is 1380. The van der Waals surface area contributed by atoms with Crippen molar-refractivity contribution in [2.45, 2.75) is 123 Å². The minimum absolute atomic E-state index is 0.0962. The number of aliphatic hydroxyl groups excluding tert-OH is 1. The first-order valence-corrected chi connectivity index (χ1v) is 15.4. The normalized spacial score (nSPS) is 38.5. The fourth-order valence-electron chi connectivity index (χ4n) is 8.58. The zero-order chi connectivity index (χ0) is 35.4. The van der Waals surface area contributed by atoms with E-state index in [4.69, 9.17) is 33.2 Å². The number of fused-ring (bicyclic) bond motifs is 5. The lowest BCUT2D eigenvalue weighted by molar-refractivity contribution is -0.366. The molecule has 1 aliphatic heterocycles. The van der Waals surface area contributed by atoms with Crippen molar-refractivity contribution in [3.8, 4) is 0 Å². The van der Waals surface area contributed by atoms with Gasteiger partial charge in [0.15, 0.2) is 17.8 Å². The first-order valence-electron chi connectivity index (χ1n) is 15.4. The van der Waals surface area contributed by atoms with Gasteiger partial charge in [-0.05, 0) is 18.1 Å². The molecule has 3 aliphatic carbocycles. The average molecular weight is 669 g/mol. The van der Waals surface area contributed by atoms with Crippen LogP contribution in [0.15, 0.2) is 11.1 Å². The number of rotatable bonds is 7. The lowest BCUT2D eigenvalue weighted by Crippen LogP contribution is -2.82. The number of aliphatic hydroxyl groups is 2. The molecular weight excluding hydrogens is 624 g/mol. The van der Waals surface area contributed by atoms with Gasteiger partial charge in [-0.25, -0.2) is 4.79 Å². The van der Waals surface area contributed by atoms with Crippen molar-refractivity contribution in [2.75, 3.05) is 13.2 Å². The third-order valence-electron chi connectivity index (χ3n) is 10.4. The Kier molecular flexibility index (Phi) is 9.63. The van der Waals surface area contributed by atoms with Gasteiger partial charge in [0.1, 0.15) is 36.6 Å². The predicted octanol–water partition coefficient (Wildman–Crippen LogP) is 0.835. The third-order valence-corrected chi connectivity index (χ3v) is 10.4. The smallest absolute Gasteiger partial charge is 0.332 e. The van der Waals surface area contributed by atoms with Crippen LogP contribution in [0, 0.1) is 16.7 Å². The molecule has 2 saturated carbocycles. The van der Waals surface area contributed by atoms with Crippen LogP contribution in [0.3, 0.4) is 0 Å². The Balaban J connectivity index is 2.24. The molecule has 10 atom stereocenters. The molecule has 47 heavy (non-hydrogen) atoms. The molecule has 2 N–H and O–H groups in total. The predicted molar refractivity (Wildman–Crippen MR) is 156 cm³/mol. The van der Waals surface area contributed by atoms with E-state index < -0.39 is 107 Å². The maximum absolute atomic E-state index is 13.1. The lowest BCUT2D eigenvalue weighted by atomic mass is 9.44. The highest BCUT2D eigenvalue weighted by Crippen LogP contribution is 2.66. The topological polar surface area (TPSA) is 207 Å². The summed E-state index contributed by atoms with van der Waals surface area (Å²) in [4.78, 5) is 76.7. The Hall–Kier alpha value is -3.56. The van der Waals surface area contributed by atoms with E-state index in [2.05, 4.69) is 0 Å². The van der Waals surface area contributed by atoms with Crippen LogP contribution >= 0.6 is 0 Å². The number of esters is 6. The van der Waals surface area contributed by atoms with Crippen LogP contribution in [0.5, 0.6) is 0 Å². The number of carbonyl (C=O) groups excluding carboxylic acids is 6. The minimum Gasteiger partial charge on any atom is -0.462 e. The first-order chi connectivity index (χ1) is 21.7. The zero-order valence-electron chi connectivity index (χ0n) is 28.1. The summed E-state index contributed by atoms with van der Waals surface area (Å²) in [6.45, 7) is 10.7. The largest absolute Gasteiger partial charge is 0.462 e. The molecule has 1 unspecified atom stereocenters. The van der Waals surface area contributed by atoms with Crippen LogP contribution in [0.4, 0.5) is 0 Å². The minimum atomic E-state index is -2.18. The molecule has 0 amide bonds. The molecular formula is C32H44O15. The highest BCUT2D eigenvalue weighted by atomic mass is 16.6. The van der Waals surface area contributed by atoms with Crippen LogP contribution in [0.2, 0.25) is 0 Å². The Morgan fingerprint density at radius 2 is 1.36 bits per heavy atom. The van der Waals surface area contributed by atoms with E-state index in [-0.39, 0.29) is 25.0 Å². The van der Waals surface area contributed by atoms with Gasteiger partial charge < -0.3 is 43.4 Å². The number of hydrogen-bond acceptors (Lipinski definition) is 15. The quantitative estimate of drug-likeness (QED) is 0.219. The summed E-state index contributed by atoms with van der Waals surface area (Å²) < 4.78 is 41.4. The fraction of sp³-hybridized carbons (Fsp3) is 0.750. The summed E-state index contributed by atoms with van der Waals surface area (Å²) in [6, 6.07) is 0. The third kappa shape index (κ3) is 5.79. The summed E-state index contributed by atoms with van der Waals surface area (Å²) in [7, 11) is 0. The molecule has 4 rings (SSSR count). The lowest BCUT2D eigenvalue weighted by Gasteiger charge is -2.69. The maximum atomic E-state index is 13.1. The highest BCUT2D eigenvalue weighted by molar-refractivity contribution is 5.72. The van der Waals surface area contributed by atoms with Gasteiger partial charge in [-0.1, -0.05) is 20.8 Å². The van der Waals surface area contributed by atoms with E-state index >= 15 is 0 Å². The van der Waals surface area contributed by atoms with Crippen LogP contribution in [-0.2, 0) is 61.9 Å². The monoisotopic (exact) mass is 668 g/mol. The molecule has 0 aromatic carbocycles. The first kappa shape index (κ1) is 36.3. The van der Waals surface area contributed by atoms with E-state index in [1.165, 1.54) is 13.8 Å². The molecule has 0 aromatic heterocycles. The Morgan fingerprint density at radius 3 is 1.83 bits per heavy atom. The molecule has 4 aliphatic rings. The van der Waals surface area contributed by atoms with E-state index in [0.717, 1.165) is 20.8 Å². The number of hydrogen-bond donors (Lipinski definition) is 2. The molecule has 1 heterocycles. The van der Waals surface area contributed by atoms with Crippen molar-refractivity contribution in [1.29, 1.82) is 0 Å². The van der Waals surface area contributed by atoms with Crippen LogP contribution in [-0.4, -0.2) is 107 Å². The van der Waals surface area contributed by atoms with E-state index in [0.29, 0.717) is 5.57 Å². The molecule has 3 fully saturated rings. The molecule has 0 aromatic rings. The van der Waals surface area contributed by atoms with E-state index in [1.54, 1.807) is 27.7 Å². The standard InChI is InChI=1S/C32H44O15/c1-14-20(42-15(2)34)11-32(40)28(45-18(5)37)26-30(9,21(43-16(3)35)10-22-31(26,13-41-22)47-19(6)38)27(44-17(4)36)25(46-23(39)12-33)24(14)29(32,7)8/h20-22,25-28,33,40H,10-13H2,1-9H3/t20-,21-,22?,25+,26-,27-,28-,30+,31-,32+/m0/s1. The van der Waals surface area contributed by atoms with Crippen molar-refractivity contribution in [2.24, 2.45) is 16.7 Å². The number of ether oxygens (including phenoxy) is 7. The van der Waals surface area contributed by atoms with Gasteiger partial charge in [-0.2, -0.15) is 0 Å². The average Bonchev–Trinajstić information content (AvgIpc) is 2.92. The van der Waals surface area contributed by atoms with Crippen molar-refractivity contribution in [3.63, 3.8) is 0 Å². The second-order valence-electron chi connectivity index (χ2n) is 13.6. The summed E-state index contributed by atoms with van der Waals surface area (Å²) in [5, 5.41) is 22.9. The van der Waals surface area contributed by atoms with E-state index in [1.807, 2.05) is 0 Å².